The average molecular weight is 406 g/mol. The Kier molecular flexibility index (Phi) is 7.31. The van der Waals surface area contributed by atoms with Crippen LogP contribution in [-0.2, 0) is 14.8 Å². The van der Waals surface area contributed by atoms with Gasteiger partial charge in [0.2, 0.25) is 15.9 Å². The summed E-state index contributed by atoms with van der Waals surface area (Å²) in [7, 11) is -1.07. The van der Waals surface area contributed by atoms with Crippen LogP contribution in [0.3, 0.4) is 0 Å². The van der Waals surface area contributed by atoms with Gasteiger partial charge in [-0.2, -0.15) is 4.31 Å². The highest BCUT2D eigenvalue weighted by Crippen LogP contribution is 2.21. The van der Waals surface area contributed by atoms with E-state index in [0.717, 1.165) is 15.3 Å². The Morgan fingerprint density at radius 1 is 1.25 bits per heavy atom. The lowest BCUT2D eigenvalue weighted by Crippen LogP contribution is -2.38. The number of methoxy groups -OCH3 is 1. The molecule has 8 heteroatoms. The van der Waals surface area contributed by atoms with Crippen LogP contribution in [0.1, 0.15) is 24.1 Å². The van der Waals surface area contributed by atoms with Gasteiger partial charge in [0, 0.05) is 12.5 Å². The van der Waals surface area contributed by atoms with Gasteiger partial charge in [0.15, 0.2) is 11.6 Å². The van der Waals surface area contributed by atoms with E-state index in [1.54, 1.807) is 37.3 Å². The third-order valence-corrected chi connectivity index (χ3v) is 5.56. The zero-order valence-electron chi connectivity index (χ0n) is 15.9. The number of carbonyl (C=O) groups excluding carboxylic acids is 1. The molecule has 1 atom stereocenters. The van der Waals surface area contributed by atoms with Gasteiger partial charge in [-0.1, -0.05) is 36.4 Å². The summed E-state index contributed by atoms with van der Waals surface area (Å²) in [5.41, 5.74) is 1.28. The normalized spacial score (nSPS) is 12.9. The minimum absolute atomic E-state index is 0.110. The molecule has 0 aromatic heterocycles. The maximum atomic E-state index is 13.8. The van der Waals surface area contributed by atoms with E-state index in [-0.39, 0.29) is 12.3 Å². The smallest absolute Gasteiger partial charge is 0.236 e. The molecule has 150 valence electrons. The SMILES string of the molecule is COc1ccc([C@H](C)NC(=O)CN(C)S(=O)(=O)/C=C/c2ccccc2)cc1F. The van der Waals surface area contributed by atoms with Crippen LogP contribution in [0.5, 0.6) is 5.75 Å². The first kappa shape index (κ1) is 21.6. The second-order valence-corrected chi connectivity index (χ2v) is 8.12. The molecule has 0 saturated carbocycles. The quantitative estimate of drug-likeness (QED) is 0.731. The fraction of sp³-hybridized carbons (Fsp3) is 0.250. The fourth-order valence-electron chi connectivity index (χ4n) is 2.45. The lowest BCUT2D eigenvalue weighted by Gasteiger charge is -2.18. The van der Waals surface area contributed by atoms with Crippen LogP contribution in [0.15, 0.2) is 53.9 Å². The lowest BCUT2D eigenvalue weighted by molar-refractivity contribution is -0.121. The largest absolute Gasteiger partial charge is 0.494 e. The molecule has 2 aromatic rings. The Morgan fingerprint density at radius 3 is 2.54 bits per heavy atom. The number of halogens is 1. The summed E-state index contributed by atoms with van der Waals surface area (Å²) >= 11 is 0. The monoisotopic (exact) mass is 406 g/mol. The summed E-state index contributed by atoms with van der Waals surface area (Å²) < 4.78 is 44.2. The van der Waals surface area contributed by atoms with Crippen molar-refractivity contribution in [3.8, 4) is 5.75 Å². The Balaban J connectivity index is 1.97. The maximum absolute atomic E-state index is 13.8. The number of benzene rings is 2. The summed E-state index contributed by atoms with van der Waals surface area (Å²) in [6.45, 7) is 1.33. The number of hydrogen-bond donors (Lipinski definition) is 1. The molecule has 2 rings (SSSR count). The van der Waals surface area contributed by atoms with Crippen LogP contribution >= 0.6 is 0 Å². The molecule has 1 N–H and O–H groups in total. The van der Waals surface area contributed by atoms with E-state index in [4.69, 9.17) is 4.74 Å². The number of sulfonamides is 1. The predicted molar refractivity (Wildman–Crippen MR) is 107 cm³/mol. The van der Waals surface area contributed by atoms with Gasteiger partial charge in [0.25, 0.3) is 0 Å². The molecule has 2 aromatic carbocycles. The van der Waals surface area contributed by atoms with E-state index in [1.807, 2.05) is 6.07 Å². The van der Waals surface area contributed by atoms with Crippen LogP contribution in [-0.4, -0.2) is 39.3 Å². The molecule has 0 aliphatic heterocycles. The van der Waals surface area contributed by atoms with Crippen molar-refractivity contribution in [1.29, 1.82) is 0 Å². The van der Waals surface area contributed by atoms with Crippen molar-refractivity contribution in [3.05, 3.63) is 70.9 Å². The van der Waals surface area contributed by atoms with Gasteiger partial charge in [-0.3, -0.25) is 4.79 Å². The first-order chi connectivity index (χ1) is 13.2. The van der Waals surface area contributed by atoms with Crippen molar-refractivity contribution in [2.75, 3.05) is 20.7 Å². The molecular formula is C20H23FN2O4S. The van der Waals surface area contributed by atoms with Gasteiger partial charge in [-0.05, 0) is 36.3 Å². The molecule has 0 bridgehead atoms. The van der Waals surface area contributed by atoms with Gasteiger partial charge in [-0.15, -0.1) is 0 Å². The zero-order valence-corrected chi connectivity index (χ0v) is 16.7. The second kappa shape index (κ2) is 9.48. The molecule has 0 saturated heterocycles. The topological polar surface area (TPSA) is 75.7 Å². The maximum Gasteiger partial charge on any atom is 0.236 e. The van der Waals surface area contributed by atoms with Crippen molar-refractivity contribution < 1.29 is 22.3 Å². The summed E-state index contributed by atoms with van der Waals surface area (Å²) in [5.74, 6) is -0.923. The minimum Gasteiger partial charge on any atom is -0.494 e. The Labute approximate surface area is 164 Å². The van der Waals surface area contributed by atoms with Crippen molar-refractivity contribution in [3.63, 3.8) is 0 Å². The standard InChI is InChI=1S/C20H23FN2O4S/c1-15(17-9-10-19(27-3)18(21)13-17)22-20(24)14-23(2)28(25,26)12-11-16-7-5-4-6-8-16/h4-13,15H,14H2,1-3H3,(H,22,24)/b12-11+/t15-/m0/s1. The lowest BCUT2D eigenvalue weighted by atomic mass is 10.1. The van der Waals surface area contributed by atoms with Crippen molar-refractivity contribution in [2.45, 2.75) is 13.0 Å². The van der Waals surface area contributed by atoms with Crippen LogP contribution in [0.2, 0.25) is 0 Å². The van der Waals surface area contributed by atoms with Crippen LogP contribution < -0.4 is 10.1 Å². The molecule has 0 aliphatic carbocycles. The van der Waals surface area contributed by atoms with Crippen LogP contribution in [0, 0.1) is 5.82 Å². The highest BCUT2D eigenvalue weighted by atomic mass is 32.2. The number of ether oxygens (including phenoxy) is 1. The van der Waals surface area contributed by atoms with Gasteiger partial charge < -0.3 is 10.1 Å². The van der Waals surface area contributed by atoms with Gasteiger partial charge in [0.05, 0.1) is 19.7 Å². The molecule has 0 spiro atoms. The van der Waals surface area contributed by atoms with E-state index in [2.05, 4.69) is 5.32 Å². The molecule has 6 nitrogen and oxygen atoms in total. The Morgan fingerprint density at radius 2 is 1.93 bits per heavy atom. The molecule has 0 radical (unpaired) electrons. The third kappa shape index (κ3) is 5.90. The molecule has 0 heterocycles. The zero-order chi connectivity index (χ0) is 20.7. The number of nitrogens with zero attached hydrogens (tertiary/aromatic N) is 1. The fourth-order valence-corrected chi connectivity index (χ4v) is 3.28. The number of nitrogens with one attached hydrogen (secondary N) is 1. The van der Waals surface area contributed by atoms with Crippen LogP contribution in [0.4, 0.5) is 4.39 Å². The third-order valence-electron chi connectivity index (χ3n) is 4.09. The number of amides is 1. The number of likely N-dealkylation sites (N-methyl/N-ethyl adjacent to an activating group) is 1. The van der Waals surface area contributed by atoms with Gasteiger partial charge >= 0.3 is 0 Å². The summed E-state index contributed by atoms with van der Waals surface area (Å²) in [6.07, 6.45) is 1.46. The average Bonchev–Trinajstić information content (AvgIpc) is 2.67. The summed E-state index contributed by atoms with van der Waals surface area (Å²) in [4.78, 5) is 12.2. The first-order valence-electron chi connectivity index (χ1n) is 8.55. The number of rotatable bonds is 8. The first-order valence-corrected chi connectivity index (χ1v) is 10.1. The molecule has 0 fully saturated rings. The molecule has 0 unspecified atom stereocenters. The van der Waals surface area contributed by atoms with E-state index in [0.29, 0.717) is 5.56 Å². The van der Waals surface area contributed by atoms with E-state index in [1.165, 1.54) is 32.4 Å². The highest BCUT2D eigenvalue weighted by Gasteiger charge is 2.19. The summed E-state index contributed by atoms with van der Waals surface area (Å²) in [6, 6.07) is 12.9. The highest BCUT2D eigenvalue weighted by molar-refractivity contribution is 7.92. The molecule has 28 heavy (non-hydrogen) atoms. The Hall–Kier alpha value is -2.71. The van der Waals surface area contributed by atoms with E-state index >= 15 is 0 Å². The molecule has 0 aliphatic rings. The summed E-state index contributed by atoms with van der Waals surface area (Å²) in [5, 5.41) is 3.71. The van der Waals surface area contributed by atoms with Crippen molar-refractivity contribution >= 4 is 22.0 Å². The Bertz CT molecular complexity index is 946. The second-order valence-electron chi connectivity index (χ2n) is 6.20. The van der Waals surface area contributed by atoms with Gasteiger partial charge in [0.1, 0.15) is 0 Å². The number of hydrogen-bond acceptors (Lipinski definition) is 4. The van der Waals surface area contributed by atoms with Gasteiger partial charge in [-0.25, -0.2) is 12.8 Å². The van der Waals surface area contributed by atoms with Crippen molar-refractivity contribution in [2.24, 2.45) is 0 Å². The van der Waals surface area contributed by atoms with Crippen LogP contribution in [0.25, 0.3) is 6.08 Å². The van der Waals surface area contributed by atoms with E-state index < -0.39 is 27.8 Å². The number of carbonyl (C=O) groups is 1. The molecule has 1 amide bonds. The van der Waals surface area contributed by atoms with E-state index in [9.17, 15) is 17.6 Å². The minimum atomic E-state index is -3.75. The van der Waals surface area contributed by atoms with Crippen molar-refractivity contribution in [1.82, 2.24) is 9.62 Å². The predicted octanol–water partition coefficient (Wildman–Crippen LogP) is 2.94. The molecular weight excluding hydrogens is 383 g/mol.